The van der Waals surface area contributed by atoms with Crippen molar-refractivity contribution < 1.29 is 4.79 Å². The number of hydrogen-bond acceptors (Lipinski definition) is 3. The van der Waals surface area contributed by atoms with Crippen LogP contribution in [0.25, 0.3) is 0 Å². The smallest absolute Gasteiger partial charge is 0.234 e. The van der Waals surface area contributed by atoms with E-state index in [-0.39, 0.29) is 11.9 Å². The highest BCUT2D eigenvalue weighted by Gasteiger charge is 2.10. The van der Waals surface area contributed by atoms with Crippen molar-refractivity contribution in [3.05, 3.63) is 0 Å². The molecule has 0 rings (SSSR count). The van der Waals surface area contributed by atoms with E-state index in [4.69, 9.17) is 5.73 Å². The summed E-state index contributed by atoms with van der Waals surface area (Å²) in [6, 6.07) is -0.177. The number of nitrogens with two attached hydrogens (primary N) is 1. The van der Waals surface area contributed by atoms with Gasteiger partial charge in [-0.05, 0) is 33.5 Å². The molecule has 66 valence electrons. The van der Waals surface area contributed by atoms with Crippen molar-refractivity contribution in [1.29, 1.82) is 0 Å². The topological polar surface area (TPSA) is 67.2 Å². The minimum Gasteiger partial charge on any atom is -0.368 e. The van der Waals surface area contributed by atoms with Crippen LogP contribution >= 0.6 is 0 Å². The average Bonchev–Trinajstić information content (AvgIpc) is 1.97. The van der Waals surface area contributed by atoms with Crippen molar-refractivity contribution in [3.8, 4) is 0 Å². The summed E-state index contributed by atoms with van der Waals surface area (Å²) < 4.78 is 0. The Morgan fingerprint density at radius 2 is 2.18 bits per heavy atom. The third kappa shape index (κ3) is 4.75. The normalized spacial score (nSPS) is 12.9. The molecule has 0 saturated carbocycles. The third-order valence-corrected chi connectivity index (χ3v) is 1.61. The molecule has 0 fully saturated rings. The molecule has 0 aliphatic carbocycles. The maximum absolute atomic E-state index is 10.7. The van der Waals surface area contributed by atoms with E-state index in [0.717, 1.165) is 19.4 Å². The molecule has 4 nitrogen and oxygen atoms in total. The summed E-state index contributed by atoms with van der Waals surface area (Å²) in [5.41, 5.74) is 5.11. The Morgan fingerprint density at radius 1 is 1.55 bits per heavy atom. The molecule has 1 amide bonds. The Bertz CT molecular complexity index is 116. The summed E-state index contributed by atoms with van der Waals surface area (Å²) >= 11 is 0. The predicted octanol–water partition coefficient (Wildman–Crippen LogP) is -0.941. The SMILES string of the molecule is CNCCCC(NC)C(N)=O. The number of likely N-dealkylation sites (N-methyl/N-ethyl adjacent to an activating group) is 1. The molecule has 4 N–H and O–H groups in total. The fraction of sp³-hybridized carbons (Fsp3) is 0.857. The fourth-order valence-corrected chi connectivity index (χ4v) is 0.912. The second-order valence-electron chi connectivity index (χ2n) is 2.49. The molecule has 0 aliphatic heterocycles. The number of carbonyl (C=O) groups excluding carboxylic acids is 1. The molecule has 4 heteroatoms. The first-order chi connectivity index (χ1) is 5.22. The van der Waals surface area contributed by atoms with Gasteiger partial charge in [-0.25, -0.2) is 0 Å². The van der Waals surface area contributed by atoms with E-state index < -0.39 is 0 Å². The molecule has 1 atom stereocenters. The van der Waals surface area contributed by atoms with E-state index in [9.17, 15) is 4.79 Å². The third-order valence-electron chi connectivity index (χ3n) is 1.61. The largest absolute Gasteiger partial charge is 0.368 e. The Morgan fingerprint density at radius 3 is 2.55 bits per heavy atom. The van der Waals surface area contributed by atoms with Gasteiger partial charge in [0.05, 0.1) is 6.04 Å². The van der Waals surface area contributed by atoms with E-state index >= 15 is 0 Å². The molecule has 0 spiro atoms. The summed E-state index contributed by atoms with van der Waals surface area (Å²) in [6.07, 6.45) is 1.76. The molecule has 0 aromatic heterocycles. The number of carbonyl (C=O) groups is 1. The standard InChI is InChI=1S/C7H17N3O/c1-9-5-3-4-6(10-2)7(8)11/h6,9-10H,3-5H2,1-2H3,(H2,8,11). The highest BCUT2D eigenvalue weighted by atomic mass is 16.1. The monoisotopic (exact) mass is 159 g/mol. The van der Waals surface area contributed by atoms with Gasteiger partial charge in [0.2, 0.25) is 5.91 Å². The maximum Gasteiger partial charge on any atom is 0.234 e. The zero-order chi connectivity index (χ0) is 8.69. The zero-order valence-corrected chi connectivity index (χ0v) is 7.18. The van der Waals surface area contributed by atoms with E-state index in [1.165, 1.54) is 0 Å². The van der Waals surface area contributed by atoms with Gasteiger partial charge >= 0.3 is 0 Å². The van der Waals surface area contributed by atoms with Crippen molar-refractivity contribution in [1.82, 2.24) is 10.6 Å². The van der Waals surface area contributed by atoms with Gasteiger partial charge in [0.1, 0.15) is 0 Å². The predicted molar refractivity (Wildman–Crippen MR) is 45.2 cm³/mol. The van der Waals surface area contributed by atoms with Gasteiger partial charge in [-0.3, -0.25) is 4.79 Å². The van der Waals surface area contributed by atoms with Gasteiger partial charge in [0.25, 0.3) is 0 Å². The highest BCUT2D eigenvalue weighted by Crippen LogP contribution is 1.93. The lowest BCUT2D eigenvalue weighted by Gasteiger charge is -2.10. The molecule has 0 aliphatic rings. The van der Waals surface area contributed by atoms with Crippen molar-refractivity contribution in [2.24, 2.45) is 5.73 Å². The van der Waals surface area contributed by atoms with Crippen LogP contribution in [-0.4, -0.2) is 32.6 Å². The van der Waals surface area contributed by atoms with Gasteiger partial charge in [-0.1, -0.05) is 0 Å². The van der Waals surface area contributed by atoms with Crippen LogP contribution in [0.3, 0.4) is 0 Å². The van der Waals surface area contributed by atoms with E-state index in [1.54, 1.807) is 7.05 Å². The van der Waals surface area contributed by atoms with E-state index in [1.807, 2.05) is 7.05 Å². The molecular formula is C7H17N3O. The lowest BCUT2D eigenvalue weighted by atomic mass is 10.1. The molecule has 0 heterocycles. The molecule has 0 aromatic carbocycles. The lowest BCUT2D eigenvalue weighted by molar-refractivity contribution is -0.120. The minimum absolute atomic E-state index is 0.177. The molecule has 0 radical (unpaired) electrons. The number of primary amides is 1. The van der Waals surface area contributed by atoms with Crippen molar-refractivity contribution in [2.45, 2.75) is 18.9 Å². The van der Waals surface area contributed by atoms with Crippen LogP contribution in [0.4, 0.5) is 0 Å². The van der Waals surface area contributed by atoms with Gasteiger partial charge in [-0.2, -0.15) is 0 Å². The minimum atomic E-state index is -0.274. The first-order valence-corrected chi connectivity index (χ1v) is 3.83. The van der Waals surface area contributed by atoms with Gasteiger partial charge in [0, 0.05) is 0 Å². The van der Waals surface area contributed by atoms with Gasteiger partial charge in [0.15, 0.2) is 0 Å². The van der Waals surface area contributed by atoms with Crippen LogP contribution in [0.15, 0.2) is 0 Å². The van der Waals surface area contributed by atoms with Gasteiger partial charge < -0.3 is 16.4 Å². The van der Waals surface area contributed by atoms with Crippen LogP contribution in [-0.2, 0) is 4.79 Å². The molecular weight excluding hydrogens is 142 g/mol. The lowest BCUT2D eigenvalue weighted by Crippen LogP contribution is -2.39. The van der Waals surface area contributed by atoms with Crippen molar-refractivity contribution in [3.63, 3.8) is 0 Å². The van der Waals surface area contributed by atoms with E-state index in [0.29, 0.717) is 0 Å². The fourth-order valence-electron chi connectivity index (χ4n) is 0.912. The summed E-state index contributed by atoms with van der Waals surface area (Å²) in [5.74, 6) is -0.274. The number of hydrogen-bond donors (Lipinski definition) is 3. The Hall–Kier alpha value is -0.610. The van der Waals surface area contributed by atoms with Crippen LogP contribution in [0.2, 0.25) is 0 Å². The summed E-state index contributed by atoms with van der Waals surface area (Å²) in [4.78, 5) is 10.7. The number of amides is 1. The molecule has 0 aromatic rings. The highest BCUT2D eigenvalue weighted by molar-refractivity contribution is 5.79. The van der Waals surface area contributed by atoms with Crippen molar-refractivity contribution >= 4 is 5.91 Å². The summed E-state index contributed by atoms with van der Waals surface area (Å²) in [6.45, 7) is 0.922. The number of nitrogens with one attached hydrogen (secondary N) is 2. The summed E-state index contributed by atoms with van der Waals surface area (Å²) in [7, 11) is 3.63. The summed E-state index contributed by atoms with van der Waals surface area (Å²) in [5, 5.41) is 5.86. The van der Waals surface area contributed by atoms with Gasteiger partial charge in [-0.15, -0.1) is 0 Å². The second kappa shape index (κ2) is 6.12. The first kappa shape index (κ1) is 10.4. The van der Waals surface area contributed by atoms with Crippen LogP contribution < -0.4 is 16.4 Å². The molecule has 1 unspecified atom stereocenters. The Balaban J connectivity index is 3.44. The zero-order valence-electron chi connectivity index (χ0n) is 7.18. The second-order valence-corrected chi connectivity index (χ2v) is 2.49. The Labute approximate surface area is 67.5 Å². The van der Waals surface area contributed by atoms with Crippen LogP contribution in [0.1, 0.15) is 12.8 Å². The molecule has 11 heavy (non-hydrogen) atoms. The number of rotatable bonds is 6. The molecule has 0 bridgehead atoms. The Kier molecular flexibility index (Phi) is 5.78. The van der Waals surface area contributed by atoms with E-state index in [2.05, 4.69) is 10.6 Å². The average molecular weight is 159 g/mol. The van der Waals surface area contributed by atoms with Crippen LogP contribution in [0.5, 0.6) is 0 Å². The maximum atomic E-state index is 10.7. The quantitative estimate of drug-likeness (QED) is 0.438. The first-order valence-electron chi connectivity index (χ1n) is 3.83. The van der Waals surface area contributed by atoms with Crippen LogP contribution in [0, 0.1) is 0 Å². The molecule has 0 saturated heterocycles. The van der Waals surface area contributed by atoms with Crippen molar-refractivity contribution in [2.75, 3.05) is 20.6 Å².